The van der Waals surface area contributed by atoms with E-state index in [2.05, 4.69) is 5.32 Å². The molecule has 0 heterocycles. The zero-order valence-electron chi connectivity index (χ0n) is 9.93. The van der Waals surface area contributed by atoms with E-state index in [4.69, 9.17) is 9.84 Å². The van der Waals surface area contributed by atoms with Gasteiger partial charge < -0.3 is 9.84 Å². The summed E-state index contributed by atoms with van der Waals surface area (Å²) >= 11 is 0. The van der Waals surface area contributed by atoms with Gasteiger partial charge in [0.25, 0.3) is 0 Å². The molecule has 0 aliphatic rings. The van der Waals surface area contributed by atoms with Crippen LogP contribution in [-0.2, 0) is 9.53 Å². The number of aliphatic carboxylic acids is 1. The Morgan fingerprint density at radius 1 is 1.35 bits per heavy atom. The van der Waals surface area contributed by atoms with Gasteiger partial charge in [-0.3, -0.25) is 10.1 Å². The quantitative estimate of drug-likeness (QED) is 0.651. The van der Waals surface area contributed by atoms with E-state index < -0.39 is 24.1 Å². The minimum Gasteiger partial charge on any atom is -0.480 e. The third kappa shape index (κ3) is 7.17. The summed E-state index contributed by atoms with van der Waals surface area (Å²) in [6.45, 7) is 1.97. The Morgan fingerprint density at radius 2 is 1.94 bits per heavy atom. The van der Waals surface area contributed by atoms with Crippen LogP contribution in [0.5, 0.6) is 0 Å². The van der Waals surface area contributed by atoms with Gasteiger partial charge >= 0.3 is 12.1 Å². The summed E-state index contributed by atoms with van der Waals surface area (Å²) in [5.74, 6) is -1.16. The highest BCUT2D eigenvalue weighted by atomic mass is 19.4. The van der Waals surface area contributed by atoms with Crippen molar-refractivity contribution in [3.63, 3.8) is 0 Å². The van der Waals surface area contributed by atoms with Crippen LogP contribution in [0.3, 0.4) is 0 Å². The minimum absolute atomic E-state index is 0.0778. The number of methoxy groups -OCH3 is 1. The van der Waals surface area contributed by atoms with Crippen molar-refractivity contribution in [1.82, 2.24) is 5.32 Å². The Kier molecular flexibility index (Phi) is 6.48. The monoisotopic (exact) mass is 257 g/mol. The third-order valence-electron chi connectivity index (χ3n) is 2.43. The molecule has 0 aromatic rings. The molecule has 0 aromatic carbocycles. The zero-order chi connectivity index (χ0) is 13.5. The molecule has 0 saturated carbocycles. The zero-order valence-corrected chi connectivity index (χ0v) is 9.93. The molecule has 0 rings (SSSR count). The number of alkyl halides is 3. The molecule has 0 aliphatic heterocycles. The lowest BCUT2D eigenvalue weighted by Gasteiger charge is -2.26. The molecule has 0 bridgehead atoms. The molecule has 0 aliphatic carbocycles. The molecular formula is C10H18F3NO3. The number of nitrogens with one attached hydrogen (secondary N) is 1. The Morgan fingerprint density at radius 3 is 2.35 bits per heavy atom. The van der Waals surface area contributed by atoms with Crippen molar-refractivity contribution in [3.8, 4) is 0 Å². The van der Waals surface area contributed by atoms with Gasteiger partial charge in [-0.15, -0.1) is 0 Å². The van der Waals surface area contributed by atoms with E-state index in [1.807, 2.05) is 0 Å². The predicted octanol–water partition coefficient (Wildman–Crippen LogP) is 1.80. The van der Waals surface area contributed by atoms with Crippen LogP contribution >= 0.6 is 0 Å². The van der Waals surface area contributed by atoms with Gasteiger partial charge in [-0.05, 0) is 19.8 Å². The molecule has 102 valence electrons. The number of hydrogen-bond acceptors (Lipinski definition) is 3. The molecule has 0 fully saturated rings. The second kappa shape index (κ2) is 6.80. The molecule has 0 radical (unpaired) electrons. The summed E-state index contributed by atoms with van der Waals surface area (Å²) in [7, 11) is 1.46. The standard InChI is InChI=1S/C10H18F3NO3/c1-9(8(15)16,14-6-7-17-2)4-3-5-10(11,12)13/h14H,3-7H2,1-2H3,(H,15,16). The van der Waals surface area contributed by atoms with E-state index in [9.17, 15) is 18.0 Å². The average molecular weight is 257 g/mol. The topological polar surface area (TPSA) is 58.6 Å². The van der Waals surface area contributed by atoms with Gasteiger partial charge in [-0.1, -0.05) is 0 Å². The van der Waals surface area contributed by atoms with Gasteiger partial charge in [0.15, 0.2) is 0 Å². The summed E-state index contributed by atoms with van der Waals surface area (Å²) < 4.78 is 40.6. The average Bonchev–Trinajstić information content (AvgIpc) is 2.15. The van der Waals surface area contributed by atoms with Gasteiger partial charge in [0.1, 0.15) is 5.54 Å². The lowest BCUT2D eigenvalue weighted by molar-refractivity contribution is -0.147. The normalized spacial score (nSPS) is 15.6. The van der Waals surface area contributed by atoms with E-state index in [0.717, 1.165) is 0 Å². The van der Waals surface area contributed by atoms with Gasteiger partial charge in [0.2, 0.25) is 0 Å². The van der Waals surface area contributed by atoms with Crippen LogP contribution in [0.25, 0.3) is 0 Å². The van der Waals surface area contributed by atoms with Crippen LogP contribution in [0, 0.1) is 0 Å². The number of carbonyl (C=O) groups is 1. The number of carboxylic acids is 1. The highest BCUT2D eigenvalue weighted by Gasteiger charge is 2.34. The van der Waals surface area contributed by atoms with Gasteiger partial charge in [0, 0.05) is 20.1 Å². The van der Waals surface area contributed by atoms with Crippen LogP contribution in [0.4, 0.5) is 13.2 Å². The van der Waals surface area contributed by atoms with Crippen LogP contribution in [0.15, 0.2) is 0 Å². The van der Waals surface area contributed by atoms with E-state index in [1.165, 1.54) is 14.0 Å². The molecule has 0 aromatic heterocycles. The predicted molar refractivity (Wildman–Crippen MR) is 55.8 cm³/mol. The Bertz CT molecular complexity index is 245. The molecule has 0 saturated heterocycles. The largest absolute Gasteiger partial charge is 0.480 e. The van der Waals surface area contributed by atoms with Gasteiger partial charge in [-0.25, -0.2) is 0 Å². The molecule has 4 nitrogen and oxygen atoms in total. The van der Waals surface area contributed by atoms with Crippen molar-refractivity contribution < 1.29 is 27.8 Å². The van der Waals surface area contributed by atoms with Crippen LogP contribution in [0.1, 0.15) is 26.2 Å². The van der Waals surface area contributed by atoms with Crippen molar-refractivity contribution in [1.29, 1.82) is 0 Å². The highest BCUT2D eigenvalue weighted by Crippen LogP contribution is 2.25. The van der Waals surface area contributed by atoms with Crippen LogP contribution < -0.4 is 5.32 Å². The van der Waals surface area contributed by atoms with Crippen molar-refractivity contribution in [2.45, 2.75) is 37.9 Å². The Hall–Kier alpha value is -0.820. The lowest BCUT2D eigenvalue weighted by atomic mass is 9.95. The summed E-state index contributed by atoms with van der Waals surface area (Å²) in [6.07, 6.45) is -5.51. The maximum atomic E-state index is 12.0. The molecule has 0 spiro atoms. The molecule has 17 heavy (non-hydrogen) atoms. The van der Waals surface area contributed by atoms with Crippen molar-refractivity contribution in [2.24, 2.45) is 0 Å². The number of ether oxygens (including phenoxy) is 1. The van der Waals surface area contributed by atoms with Crippen LogP contribution in [-0.4, -0.2) is 43.1 Å². The molecule has 0 amide bonds. The fraction of sp³-hybridized carbons (Fsp3) is 0.900. The van der Waals surface area contributed by atoms with Crippen molar-refractivity contribution >= 4 is 5.97 Å². The fourth-order valence-electron chi connectivity index (χ4n) is 1.34. The van der Waals surface area contributed by atoms with E-state index in [-0.39, 0.29) is 19.4 Å². The first kappa shape index (κ1) is 16.2. The SMILES string of the molecule is COCCNC(C)(CCCC(F)(F)F)C(=O)O. The summed E-state index contributed by atoms with van der Waals surface area (Å²) in [5, 5.41) is 11.7. The molecule has 1 unspecified atom stereocenters. The maximum Gasteiger partial charge on any atom is 0.389 e. The third-order valence-corrected chi connectivity index (χ3v) is 2.43. The summed E-state index contributed by atoms with van der Waals surface area (Å²) in [6, 6.07) is 0. The number of rotatable bonds is 8. The van der Waals surface area contributed by atoms with Crippen molar-refractivity contribution in [2.75, 3.05) is 20.3 Å². The number of hydrogen-bond donors (Lipinski definition) is 2. The van der Waals surface area contributed by atoms with E-state index in [1.54, 1.807) is 0 Å². The molecule has 1 atom stereocenters. The first-order chi connectivity index (χ1) is 7.71. The summed E-state index contributed by atoms with van der Waals surface area (Å²) in [5.41, 5.74) is -1.34. The first-order valence-corrected chi connectivity index (χ1v) is 5.25. The second-order valence-corrected chi connectivity index (χ2v) is 4.03. The highest BCUT2D eigenvalue weighted by molar-refractivity contribution is 5.78. The Labute approximate surface area is 98.1 Å². The van der Waals surface area contributed by atoms with Gasteiger partial charge in [0.05, 0.1) is 6.61 Å². The van der Waals surface area contributed by atoms with Crippen LogP contribution in [0.2, 0.25) is 0 Å². The maximum absolute atomic E-state index is 12.0. The summed E-state index contributed by atoms with van der Waals surface area (Å²) in [4.78, 5) is 11.0. The first-order valence-electron chi connectivity index (χ1n) is 5.25. The molecule has 2 N–H and O–H groups in total. The Balaban J connectivity index is 4.17. The molecular weight excluding hydrogens is 239 g/mol. The number of halogens is 3. The van der Waals surface area contributed by atoms with Gasteiger partial charge in [-0.2, -0.15) is 13.2 Å². The minimum atomic E-state index is -4.24. The number of carboxylic acid groups (broad SMARTS) is 1. The smallest absolute Gasteiger partial charge is 0.389 e. The molecule has 7 heteroatoms. The van der Waals surface area contributed by atoms with Crippen molar-refractivity contribution in [3.05, 3.63) is 0 Å². The second-order valence-electron chi connectivity index (χ2n) is 4.03. The van der Waals surface area contributed by atoms with E-state index in [0.29, 0.717) is 6.61 Å². The van der Waals surface area contributed by atoms with E-state index >= 15 is 0 Å². The lowest BCUT2D eigenvalue weighted by Crippen LogP contribution is -2.50. The fourth-order valence-corrected chi connectivity index (χ4v) is 1.34.